The molecule has 3 heterocycles. The number of aryl methyl sites for hydroxylation is 2. The Morgan fingerprint density at radius 3 is 2.78 bits per heavy atom. The minimum atomic E-state index is -0.0980. The lowest BCUT2D eigenvalue weighted by atomic mass is 10.0. The molecule has 0 saturated carbocycles. The quantitative estimate of drug-likeness (QED) is 0.162. The van der Waals surface area contributed by atoms with E-state index in [2.05, 4.69) is 59.2 Å². The molecule has 1 amide bonds. The van der Waals surface area contributed by atoms with Crippen molar-refractivity contribution in [3.63, 3.8) is 0 Å². The molecule has 1 aliphatic heterocycles. The summed E-state index contributed by atoms with van der Waals surface area (Å²) >= 11 is 7.68. The zero-order valence-corrected chi connectivity index (χ0v) is 23.1. The molecule has 194 valence electrons. The molecule has 0 aliphatic carbocycles. The number of piperidine rings is 1. The van der Waals surface area contributed by atoms with E-state index in [-0.39, 0.29) is 5.91 Å². The van der Waals surface area contributed by atoms with E-state index in [0.717, 1.165) is 44.5 Å². The van der Waals surface area contributed by atoms with Crippen LogP contribution in [-0.2, 0) is 6.54 Å². The van der Waals surface area contributed by atoms with Crippen molar-refractivity contribution in [1.29, 1.82) is 0 Å². The number of carbonyl (C=O) groups excluding carboxylic acids is 1. The number of rotatable bonds is 9. The smallest absolute Gasteiger partial charge is 0.265 e. The summed E-state index contributed by atoms with van der Waals surface area (Å²) in [7, 11) is 0. The van der Waals surface area contributed by atoms with Crippen molar-refractivity contribution in [2.45, 2.75) is 65.6 Å². The van der Waals surface area contributed by atoms with Gasteiger partial charge in [-0.2, -0.15) is 22.9 Å². The van der Waals surface area contributed by atoms with Gasteiger partial charge in [0.25, 0.3) is 11.9 Å². The summed E-state index contributed by atoms with van der Waals surface area (Å²) in [6.07, 6.45) is 2.87. The lowest BCUT2D eigenvalue weighted by molar-refractivity contribution is 0.0934. The van der Waals surface area contributed by atoms with Gasteiger partial charge in [-0.05, 0) is 81.0 Å². The predicted octanol–water partition coefficient (Wildman–Crippen LogP) is 4.69. The first kappa shape index (κ1) is 27.9. The first-order valence-electron chi connectivity index (χ1n) is 12.4. The molecule has 36 heavy (non-hydrogen) atoms. The molecule has 1 saturated heterocycles. The maximum absolute atomic E-state index is 12.7. The number of likely N-dealkylation sites (tertiary alicyclic amines) is 1. The monoisotopic (exact) mass is 529 g/mol. The van der Waals surface area contributed by atoms with E-state index in [9.17, 15) is 4.79 Å². The summed E-state index contributed by atoms with van der Waals surface area (Å²) in [5.41, 5.74) is 6.13. The number of nitrogens with one attached hydrogen (secondary N) is 2. The lowest BCUT2D eigenvalue weighted by Crippen LogP contribution is -2.51. The summed E-state index contributed by atoms with van der Waals surface area (Å²) in [5.74, 6) is 0.564. The molecule has 10 heteroatoms. The number of halogens is 1. The number of nitrogens with zero attached hydrogens (tertiary/aromatic N) is 5. The van der Waals surface area contributed by atoms with E-state index in [1.54, 1.807) is 17.4 Å². The van der Waals surface area contributed by atoms with Crippen LogP contribution in [0.5, 0.6) is 0 Å². The number of hydrogen-bond acceptors (Lipinski definition) is 5. The fourth-order valence-corrected chi connectivity index (χ4v) is 5.73. The van der Waals surface area contributed by atoms with Gasteiger partial charge in [0.15, 0.2) is 0 Å². The Morgan fingerprint density at radius 1 is 1.42 bits per heavy atom. The summed E-state index contributed by atoms with van der Waals surface area (Å²) in [6, 6.07) is 4.53. The van der Waals surface area contributed by atoms with E-state index in [1.165, 1.54) is 5.56 Å². The van der Waals surface area contributed by atoms with E-state index in [1.807, 2.05) is 20.8 Å². The van der Waals surface area contributed by atoms with Gasteiger partial charge in [0, 0.05) is 44.8 Å². The molecule has 2 aromatic heterocycles. The summed E-state index contributed by atoms with van der Waals surface area (Å²) in [4.78, 5) is 29.7. The van der Waals surface area contributed by atoms with E-state index in [0.29, 0.717) is 47.5 Å². The topological polar surface area (TPSA) is 77.2 Å². The van der Waals surface area contributed by atoms with Gasteiger partial charge in [-0.3, -0.25) is 4.79 Å². The zero-order chi connectivity index (χ0) is 26.1. The molecular weight excluding hydrogens is 494 g/mol. The molecule has 1 atom stereocenters. The number of hydrogen-bond donors (Lipinski definition) is 2. The Labute approximate surface area is 223 Å². The van der Waals surface area contributed by atoms with E-state index < -0.39 is 0 Å². The molecule has 1 aliphatic rings. The van der Waals surface area contributed by atoms with Crippen molar-refractivity contribution in [2.24, 2.45) is 4.99 Å². The second-order valence-electron chi connectivity index (χ2n) is 9.16. The number of aromatic nitrogens is 1. The van der Waals surface area contributed by atoms with Crippen LogP contribution < -0.4 is 10.7 Å². The molecule has 0 bridgehead atoms. The van der Waals surface area contributed by atoms with Gasteiger partial charge in [-0.15, -0.1) is 0 Å². The first-order valence-corrected chi connectivity index (χ1v) is 13.8. The number of amides is 1. The lowest BCUT2D eigenvalue weighted by Gasteiger charge is -2.41. The average molecular weight is 530 g/mol. The Bertz CT molecular complexity index is 1050. The number of aliphatic imine (C=N–C) groups is 1. The third-order valence-corrected chi connectivity index (χ3v) is 7.60. The number of guanidine groups is 1. The van der Waals surface area contributed by atoms with Gasteiger partial charge in [0.2, 0.25) is 0 Å². The molecule has 2 N–H and O–H groups in total. The Balaban J connectivity index is 1.53. The Kier molecular flexibility index (Phi) is 10.5. The van der Waals surface area contributed by atoms with Gasteiger partial charge in [-0.25, -0.2) is 9.98 Å². The molecule has 0 unspecified atom stereocenters. The third-order valence-electron chi connectivity index (χ3n) is 6.67. The van der Waals surface area contributed by atoms with Crippen LogP contribution in [-0.4, -0.2) is 64.9 Å². The fourth-order valence-electron chi connectivity index (χ4n) is 4.78. The molecule has 0 spiro atoms. The van der Waals surface area contributed by atoms with E-state index in [4.69, 9.17) is 18.2 Å². The first-order chi connectivity index (χ1) is 17.3. The fraction of sp³-hybridized carbons (Fsp3) is 0.538. The summed E-state index contributed by atoms with van der Waals surface area (Å²) in [5, 5.41) is 7.71. The minimum Gasteiger partial charge on any atom is -0.352 e. The molecule has 1 fully saturated rings. The minimum absolute atomic E-state index is 0.0980. The van der Waals surface area contributed by atoms with Crippen molar-refractivity contribution in [2.75, 3.05) is 26.2 Å². The Hall–Kier alpha value is -2.67. The van der Waals surface area contributed by atoms with Crippen LogP contribution in [0.3, 0.4) is 0 Å². The third kappa shape index (κ3) is 7.42. The SMILES string of the molecule is [C-]#[N+]NC(=NCC)N(Cc1ccsc1)C1CCN([C@H](C)CCNC(=O)c2c(C)cc(Cl)nc2C)CC1. The van der Waals surface area contributed by atoms with Crippen LogP contribution in [0.4, 0.5) is 0 Å². The highest BCUT2D eigenvalue weighted by atomic mass is 35.5. The molecule has 8 nitrogen and oxygen atoms in total. The van der Waals surface area contributed by atoms with Crippen LogP contribution in [0.15, 0.2) is 27.9 Å². The normalized spacial score (nSPS) is 15.8. The standard InChI is InChI=1S/C26H36ClN7OS/c1-6-29-26(32-28-5)34(16-21-10-14-36-17-21)22-8-12-33(13-9-22)19(3)7-11-30-25(35)24-18(2)15-23(27)31-20(24)4/h10,14-15,17,19,22H,6-9,11-13,16H2,1-4H3,(H,29,32)(H,30,35)/t19-/m1/s1. The van der Waals surface area contributed by atoms with Crippen molar-refractivity contribution in [1.82, 2.24) is 25.5 Å². The van der Waals surface area contributed by atoms with Crippen LogP contribution in [0.1, 0.15) is 60.3 Å². The molecule has 2 aromatic rings. The molecule has 0 aromatic carbocycles. The number of pyridine rings is 1. The second kappa shape index (κ2) is 13.6. The van der Waals surface area contributed by atoms with Crippen molar-refractivity contribution in [3.05, 3.63) is 62.0 Å². The van der Waals surface area contributed by atoms with Crippen LogP contribution in [0.2, 0.25) is 5.15 Å². The average Bonchev–Trinajstić information content (AvgIpc) is 3.35. The molecule has 3 rings (SSSR count). The van der Waals surface area contributed by atoms with Gasteiger partial charge in [0.05, 0.1) is 11.3 Å². The van der Waals surface area contributed by atoms with Gasteiger partial charge in [-0.1, -0.05) is 17.0 Å². The number of thiophene rings is 1. The predicted molar refractivity (Wildman–Crippen MR) is 147 cm³/mol. The highest BCUT2D eigenvalue weighted by Gasteiger charge is 2.30. The van der Waals surface area contributed by atoms with Gasteiger partial charge in [0.1, 0.15) is 5.15 Å². The second-order valence-corrected chi connectivity index (χ2v) is 10.3. The highest BCUT2D eigenvalue weighted by molar-refractivity contribution is 7.07. The van der Waals surface area contributed by atoms with Crippen molar-refractivity contribution >= 4 is 34.8 Å². The van der Waals surface area contributed by atoms with E-state index >= 15 is 0 Å². The van der Waals surface area contributed by atoms with Gasteiger partial charge >= 0.3 is 0 Å². The Morgan fingerprint density at radius 2 is 2.17 bits per heavy atom. The largest absolute Gasteiger partial charge is 0.352 e. The van der Waals surface area contributed by atoms with Gasteiger partial charge < -0.3 is 15.1 Å². The maximum atomic E-state index is 12.7. The summed E-state index contributed by atoms with van der Waals surface area (Å²) in [6.45, 7) is 19.1. The molecular formula is C26H36ClN7OS. The number of carbonyl (C=O) groups is 1. The molecule has 0 radical (unpaired) electrons. The summed E-state index contributed by atoms with van der Waals surface area (Å²) < 4.78 is 0. The van der Waals surface area contributed by atoms with Crippen LogP contribution in [0, 0.1) is 20.4 Å². The zero-order valence-electron chi connectivity index (χ0n) is 21.6. The van der Waals surface area contributed by atoms with Crippen molar-refractivity contribution < 1.29 is 4.79 Å². The van der Waals surface area contributed by atoms with Crippen molar-refractivity contribution in [3.8, 4) is 0 Å². The maximum Gasteiger partial charge on any atom is 0.265 e. The van der Waals surface area contributed by atoms with Crippen LogP contribution >= 0.6 is 22.9 Å². The highest BCUT2D eigenvalue weighted by Crippen LogP contribution is 2.23. The van der Waals surface area contributed by atoms with Crippen LogP contribution in [0.25, 0.3) is 4.95 Å².